The highest BCUT2D eigenvalue weighted by Gasteiger charge is 2.23. The van der Waals surface area contributed by atoms with Crippen LogP contribution < -0.4 is 5.48 Å². The number of amides is 1. The number of rotatable bonds is 3. The zero-order valence-electron chi connectivity index (χ0n) is 7.27. The van der Waals surface area contributed by atoms with Gasteiger partial charge in [-0.25, -0.2) is 5.48 Å². The first-order valence-corrected chi connectivity index (χ1v) is 4.28. The van der Waals surface area contributed by atoms with E-state index in [2.05, 4.69) is 21.4 Å². The van der Waals surface area contributed by atoms with E-state index in [0.717, 1.165) is 0 Å². The molecule has 0 saturated carbocycles. The molecule has 0 aromatic heterocycles. The van der Waals surface area contributed by atoms with E-state index in [9.17, 15) is 4.79 Å². The number of carbonyl (C=O) groups is 1. The Balaban J connectivity index is 3.71. The molecule has 0 spiro atoms. The molecule has 0 radical (unpaired) electrons. The van der Waals surface area contributed by atoms with Crippen molar-refractivity contribution in [3.63, 3.8) is 0 Å². The number of halogens is 1. The fourth-order valence-electron chi connectivity index (χ4n) is 0.293. The third-order valence-corrected chi connectivity index (χ3v) is 1.29. The molecule has 0 aliphatic rings. The standard InChI is InChI=1S/C7H14BrNO2/c1-5(2)11-9-6(10)7(3,4)8/h5H,1-4H3,(H,9,10). The third-order valence-electron chi connectivity index (χ3n) is 0.927. The van der Waals surface area contributed by atoms with Crippen molar-refractivity contribution >= 4 is 21.8 Å². The number of carbonyl (C=O) groups excluding carboxylic acids is 1. The van der Waals surface area contributed by atoms with E-state index in [1.165, 1.54) is 0 Å². The lowest BCUT2D eigenvalue weighted by atomic mass is 10.2. The monoisotopic (exact) mass is 223 g/mol. The first-order valence-electron chi connectivity index (χ1n) is 3.49. The van der Waals surface area contributed by atoms with Crippen molar-refractivity contribution in [2.45, 2.75) is 38.1 Å². The molecule has 3 nitrogen and oxygen atoms in total. The van der Waals surface area contributed by atoms with Gasteiger partial charge < -0.3 is 0 Å². The van der Waals surface area contributed by atoms with E-state index in [4.69, 9.17) is 4.84 Å². The van der Waals surface area contributed by atoms with Gasteiger partial charge in [-0.2, -0.15) is 0 Å². The molecular formula is C7H14BrNO2. The Labute approximate surface area is 75.6 Å². The molecule has 1 amide bonds. The summed E-state index contributed by atoms with van der Waals surface area (Å²) in [6.07, 6.45) is 0.00815. The van der Waals surface area contributed by atoms with Gasteiger partial charge in [-0.3, -0.25) is 9.63 Å². The van der Waals surface area contributed by atoms with Gasteiger partial charge in [0, 0.05) is 0 Å². The van der Waals surface area contributed by atoms with Crippen LogP contribution in [0.1, 0.15) is 27.7 Å². The molecule has 0 heterocycles. The van der Waals surface area contributed by atoms with Gasteiger partial charge >= 0.3 is 0 Å². The SMILES string of the molecule is CC(C)ONC(=O)C(C)(C)Br. The van der Waals surface area contributed by atoms with E-state index in [1.54, 1.807) is 13.8 Å². The topological polar surface area (TPSA) is 38.3 Å². The van der Waals surface area contributed by atoms with Crippen molar-refractivity contribution in [1.29, 1.82) is 0 Å². The maximum Gasteiger partial charge on any atom is 0.259 e. The molecule has 0 rings (SSSR count). The van der Waals surface area contributed by atoms with Crippen LogP contribution in [0.5, 0.6) is 0 Å². The van der Waals surface area contributed by atoms with Crippen LogP contribution >= 0.6 is 15.9 Å². The van der Waals surface area contributed by atoms with Crippen LogP contribution in [0.15, 0.2) is 0 Å². The summed E-state index contributed by atoms with van der Waals surface area (Å²) in [6.45, 7) is 7.21. The first kappa shape index (κ1) is 10.9. The predicted molar refractivity (Wildman–Crippen MR) is 47.4 cm³/mol. The third kappa shape index (κ3) is 5.21. The normalized spacial score (nSPS) is 11.8. The predicted octanol–water partition coefficient (Wildman–Crippen LogP) is 1.62. The Morgan fingerprint density at radius 2 is 2.00 bits per heavy atom. The summed E-state index contributed by atoms with van der Waals surface area (Å²) in [5.74, 6) is -0.175. The zero-order chi connectivity index (χ0) is 9.07. The molecule has 1 N–H and O–H groups in total. The number of alkyl halides is 1. The van der Waals surface area contributed by atoms with E-state index in [0.29, 0.717) is 0 Å². The lowest BCUT2D eigenvalue weighted by Gasteiger charge is -2.16. The minimum absolute atomic E-state index is 0.00815. The maximum absolute atomic E-state index is 11.1. The number of hydrogen-bond donors (Lipinski definition) is 1. The quantitative estimate of drug-likeness (QED) is 0.584. The Morgan fingerprint density at radius 3 is 2.27 bits per heavy atom. The van der Waals surface area contributed by atoms with Crippen LogP contribution in [-0.2, 0) is 9.63 Å². The summed E-state index contributed by atoms with van der Waals surface area (Å²) in [7, 11) is 0. The second kappa shape index (κ2) is 4.07. The van der Waals surface area contributed by atoms with Crippen molar-refractivity contribution < 1.29 is 9.63 Å². The number of hydrogen-bond acceptors (Lipinski definition) is 2. The zero-order valence-corrected chi connectivity index (χ0v) is 8.86. The maximum atomic E-state index is 11.1. The Bertz CT molecular complexity index is 140. The molecule has 0 aliphatic carbocycles. The molecule has 0 atom stereocenters. The summed E-state index contributed by atoms with van der Waals surface area (Å²) in [5.41, 5.74) is 2.34. The van der Waals surface area contributed by atoms with Crippen LogP contribution in [0.4, 0.5) is 0 Å². The van der Waals surface area contributed by atoms with E-state index in [-0.39, 0.29) is 12.0 Å². The van der Waals surface area contributed by atoms with Gasteiger partial charge in [0.2, 0.25) is 0 Å². The van der Waals surface area contributed by atoms with E-state index in [1.807, 2.05) is 13.8 Å². The van der Waals surface area contributed by atoms with E-state index >= 15 is 0 Å². The van der Waals surface area contributed by atoms with Gasteiger partial charge in [-0.15, -0.1) is 0 Å². The van der Waals surface area contributed by atoms with Gasteiger partial charge in [0.05, 0.1) is 6.10 Å². The number of nitrogens with one attached hydrogen (secondary N) is 1. The van der Waals surface area contributed by atoms with Crippen LogP contribution in [0, 0.1) is 0 Å². The molecule has 11 heavy (non-hydrogen) atoms. The minimum atomic E-state index is -0.568. The fraction of sp³-hybridized carbons (Fsp3) is 0.857. The van der Waals surface area contributed by atoms with Gasteiger partial charge in [0.25, 0.3) is 5.91 Å². The molecule has 0 aromatic carbocycles. The second-order valence-corrected chi connectivity index (χ2v) is 5.05. The van der Waals surface area contributed by atoms with Crippen LogP contribution in [0.3, 0.4) is 0 Å². The average molecular weight is 224 g/mol. The summed E-state index contributed by atoms with van der Waals surface area (Å²) < 4.78 is -0.568. The summed E-state index contributed by atoms with van der Waals surface area (Å²) in [6, 6.07) is 0. The van der Waals surface area contributed by atoms with Gasteiger partial charge in [-0.1, -0.05) is 15.9 Å². The van der Waals surface area contributed by atoms with Gasteiger partial charge in [0.15, 0.2) is 0 Å². The molecule has 4 heteroatoms. The Kier molecular flexibility index (Phi) is 4.03. The smallest absolute Gasteiger partial charge is 0.259 e. The molecule has 0 aliphatic heterocycles. The molecule has 0 saturated heterocycles. The summed E-state index contributed by atoms with van der Waals surface area (Å²) >= 11 is 3.20. The van der Waals surface area contributed by atoms with Crippen LogP contribution in [0.2, 0.25) is 0 Å². The van der Waals surface area contributed by atoms with Crippen LogP contribution in [0.25, 0.3) is 0 Å². The largest absolute Gasteiger partial charge is 0.271 e. The summed E-state index contributed by atoms with van der Waals surface area (Å²) in [5, 5.41) is 0. The fourth-order valence-corrected chi connectivity index (χ4v) is 0.374. The lowest BCUT2D eigenvalue weighted by molar-refractivity contribution is -0.138. The van der Waals surface area contributed by atoms with Gasteiger partial charge in [-0.05, 0) is 27.7 Å². The van der Waals surface area contributed by atoms with Crippen molar-refractivity contribution in [2.24, 2.45) is 0 Å². The highest BCUT2D eigenvalue weighted by molar-refractivity contribution is 9.10. The highest BCUT2D eigenvalue weighted by atomic mass is 79.9. The van der Waals surface area contributed by atoms with Crippen LogP contribution in [-0.4, -0.2) is 16.3 Å². The van der Waals surface area contributed by atoms with Crippen molar-refractivity contribution in [3.05, 3.63) is 0 Å². The Hall–Kier alpha value is -0.0900. The summed E-state index contributed by atoms with van der Waals surface area (Å²) in [4.78, 5) is 16.0. The highest BCUT2D eigenvalue weighted by Crippen LogP contribution is 2.15. The first-order chi connectivity index (χ1) is 4.84. The van der Waals surface area contributed by atoms with Crippen molar-refractivity contribution in [3.8, 4) is 0 Å². The second-order valence-electron chi connectivity index (χ2n) is 3.07. The molecule has 0 aromatic rings. The Morgan fingerprint density at radius 1 is 1.55 bits per heavy atom. The molecule has 0 unspecified atom stereocenters. The lowest BCUT2D eigenvalue weighted by Crippen LogP contribution is -2.38. The number of hydroxylamine groups is 1. The molecule has 66 valence electrons. The molecular weight excluding hydrogens is 210 g/mol. The molecule has 0 bridgehead atoms. The molecule has 0 fully saturated rings. The minimum Gasteiger partial charge on any atom is -0.271 e. The average Bonchev–Trinajstić information content (AvgIpc) is 1.80. The van der Waals surface area contributed by atoms with Crippen molar-refractivity contribution in [1.82, 2.24) is 5.48 Å². The van der Waals surface area contributed by atoms with Crippen molar-refractivity contribution in [2.75, 3.05) is 0 Å². The van der Waals surface area contributed by atoms with E-state index < -0.39 is 4.32 Å². The van der Waals surface area contributed by atoms with Gasteiger partial charge in [0.1, 0.15) is 4.32 Å².